The number of esters is 1. The molecule has 0 amide bonds. The standard InChI is InChI=1S/C12H22NO3/c1-8(2)11(13)12(14)16-9(3)10-4-6-15-7-5-10/h8-11H,3-7,13H2,1-2H3. The van der Waals surface area contributed by atoms with E-state index in [2.05, 4.69) is 6.92 Å². The summed E-state index contributed by atoms with van der Waals surface area (Å²) in [7, 11) is 0. The molecule has 1 saturated heterocycles. The monoisotopic (exact) mass is 228 g/mol. The lowest BCUT2D eigenvalue weighted by Crippen LogP contribution is -2.40. The molecule has 1 heterocycles. The molecule has 1 fully saturated rings. The molecule has 2 atom stereocenters. The van der Waals surface area contributed by atoms with E-state index < -0.39 is 6.04 Å². The first-order chi connectivity index (χ1) is 7.52. The molecule has 0 aliphatic carbocycles. The number of ether oxygens (including phenoxy) is 2. The maximum atomic E-state index is 11.6. The zero-order chi connectivity index (χ0) is 12.1. The smallest absolute Gasteiger partial charge is 0.323 e. The van der Waals surface area contributed by atoms with E-state index in [0.29, 0.717) is 5.92 Å². The fraction of sp³-hybridized carbons (Fsp3) is 0.833. The lowest BCUT2D eigenvalue weighted by Gasteiger charge is -2.28. The Hall–Kier alpha value is -0.610. The van der Waals surface area contributed by atoms with Crippen molar-refractivity contribution in [2.24, 2.45) is 17.6 Å². The number of hydrogen-bond acceptors (Lipinski definition) is 4. The Morgan fingerprint density at radius 1 is 1.44 bits per heavy atom. The number of hydrogen-bond donors (Lipinski definition) is 1. The number of rotatable bonds is 4. The Morgan fingerprint density at radius 2 is 2.00 bits per heavy atom. The van der Waals surface area contributed by atoms with Gasteiger partial charge in [-0.15, -0.1) is 0 Å². The van der Waals surface area contributed by atoms with Gasteiger partial charge in [0.05, 0.1) is 0 Å². The van der Waals surface area contributed by atoms with Gasteiger partial charge in [-0.3, -0.25) is 4.79 Å². The van der Waals surface area contributed by atoms with Gasteiger partial charge in [0.2, 0.25) is 0 Å². The van der Waals surface area contributed by atoms with Crippen LogP contribution in [0.3, 0.4) is 0 Å². The molecule has 4 heteroatoms. The van der Waals surface area contributed by atoms with Crippen LogP contribution in [0.2, 0.25) is 0 Å². The predicted octanol–water partition coefficient (Wildman–Crippen LogP) is 1.14. The van der Waals surface area contributed by atoms with Gasteiger partial charge in [-0.2, -0.15) is 0 Å². The molecule has 93 valence electrons. The zero-order valence-corrected chi connectivity index (χ0v) is 10.1. The van der Waals surface area contributed by atoms with Crippen molar-refractivity contribution in [2.45, 2.75) is 38.8 Å². The maximum Gasteiger partial charge on any atom is 0.323 e. The molecular weight excluding hydrogens is 206 g/mol. The van der Waals surface area contributed by atoms with Crippen molar-refractivity contribution in [2.75, 3.05) is 13.2 Å². The summed E-state index contributed by atoms with van der Waals surface area (Å²) < 4.78 is 10.5. The molecule has 0 bridgehead atoms. The Kier molecular flexibility index (Phi) is 5.22. The topological polar surface area (TPSA) is 61.5 Å². The first-order valence-corrected chi connectivity index (χ1v) is 5.89. The molecule has 2 unspecified atom stereocenters. The zero-order valence-electron chi connectivity index (χ0n) is 10.1. The van der Waals surface area contributed by atoms with Crippen LogP contribution in [-0.4, -0.2) is 31.3 Å². The largest absolute Gasteiger partial charge is 0.461 e. The minimum atomic E-state index is -0.552. The van der Waals surface area contributed by atoms with Crippen LogP contribution >= 0.6 is 0 Å². The molecule has 4 nitrogen and oxygen atoms in total. The highest BCUT2D eigenvalue weighted by molar-refractivity contribution is 5.76. The Balaban J connectivity index is 2.37. The Morgan fingerprint density at radius 3 is 2.50 bits per heavy atom. The molecule has 0 aromatic heterocycles. The summed E-state index contributed by atoms with van der Waals surface area (Å²) in [6.07, 6.45) is 1.50. The molecule has 1 rings (SSSR count). The fourth-order valence-electron chi connectivity index (χ4n) is 1.68. The highest BCUT2D eigenvalue weighted by Crippen LogP contribution is 2.21. The molecule has 0 aromatic carbocycles. The van der Waals surface area contributed by atoms with E-state index in [1.807, 2.05) is 13.8 Å². The second kappa shape index (κ2) is 6.21. The van der Waals surface area contributed by atoms with Crippen LogP contribution in [0.5, 0.6) is 0 Å². The molecule has 1 aliphatic rings. The fourth-order valence-corrected chi connectivity index (χ4v) is 1.68. The van der Waals surface area contributed by atoms with Crippen molar-refractivity contribution in [3.05, 3.63) is 6.92 Å². The van der Waals surface area contributed by atoms with Crippen molar-refractivity contribution < 1.29 is 14.3 Å². The molecule has 2 N–H and O–H groups in total. The van der Waals surface area contributed by atoms with Crippen molar-refractivity contribution >= 4 is 5.97 Å². The molecule has 1 radical (unpaired) electrons. The van der Waals surface area contributed by atoms with Gasteiger partial charge < -0.3 is 15.2 Å². The van der Waals surface area contributed by atoms with Gasteiger partial charge in [0.1, 0.15) is 12.1 Å². The summed E-state index contributed by atoms with van der Waals surface area (Å²) in [4.78, 5) is 11.6. The second-order valence-electron chi connectivity index (χ2n) is 4.69. The first kappa shape index (κ1) is 13.5. The van der Waals surface area contributed by atoms with Crippen molar-refractivity contribution in [3.63, 3.8) is 0 Å². The van der Waals surface area contributed by atoms with Crippen molar-refractivity contribution in [1.82, 2.24) is 0 Å². The number of carbonyl (C=O) groups is 1. The third-order valence-electron chi connectivity index (χ3n) is 3.05. The van der Waals surface area contributed by atoms with Gasteiger partial charge in [-0.05, 0) is 25.7 Å². The van der Waals surface area contributed by atoms with Crippen LogP contribution < -0.4 is 5.73 Å². The van der Waals surface area contributed by atoms with Crippen molar-refractivity contribution in [3.8, 4) is 0 Å². The van der Waals surface area contributed by atoms with Gasteiger partial charge in [-0.25, -0.2) is 0 Å². The SMILES string of the molecule is [CH2]C(OC(=O)C(N)C(C)C)C1CCOCC1. The number of nitrogens with two attached hydrogens (primary N) is 1. The van der Waals surface area contributed by atoms with Crippen LogP contribution in [0, 0.1) is 18.8 Å². The summed E-state index contributed by atoms with van der Waals surface area (Å²) in [5, 5.41) is 0. The molecular formula is C12H22NO3. The predicted molar refractivity (Wildman–Crippen MR) is 61.6 cm³/mol. The van der Waals surface area contributed by atoms with E-state index >= 15 is 0 Å². The van der Waals surface area contributed by atoms with Gasteiger partial charge in [0, 0.05) is 19.1 Å². The average Bonchev–Trinajstić information content (AvgIpc) is 2.28. The van der Waals surface area contributed by atoms with E-state index in [1.165, 1.54) is 0 Å². The summed E-state index contributed by atoms with van der Waals surface area (Å²) in [6.45, 7) is 9.15. The Bertz CT molecular complexity index is 224. The van der Waals surface area contributed by atoms with E-state index in [4.69, 9.17) is 15.2 Å². The quantitative estimate of drug-likeness (QED) is 0.733. The highest BCUT2D eigenvalue weighted by atomic mass is 16.5. The van der Waals surface area contributed by atoms with Gasteiger partial charge in [-0.1, -0.05) is 13.8 Å². The van der Waals surface area contributed by atoms with E-state index in [0.717, 1.165) is 26.1 Å². The minimum absolute atomic E-state index is 0.0920. The van der Waals surface area contributed by atoms with Crippen LogP contribution in [0.4, 0.5) is 0 Å². The van der Waals surface area contributed by atoms with Crippen LogP contribution in [0.15, 0.2) is 0 Å². The lowest BCUT2D eigenvalue weighted by atomic mass is 9.95. The summed E-state index contributed by atoms with van der Waals surface area (Å²) in [5.41, 5.74) is 5.71. The molecule has 16 heavy (non-hydrogen) atoms. The highest BCUT2D eigenvalue weighted by Gasteiger charge is 2.26. The summed E-state index contributed by atoms with van der Waals surface area (Å²) in [5.74, 6) is 0.0490. The number of carbonyl (C=O) groups excluding carboxylic acids is 1. The maximum absolute atomic E-state index is 11.6. The third-order valence-corrected chi connectivity index (χ3v) is 3.05. The molecule has 0 spiro atoms. The van der Waals surface area contributed by atoms with Gasteiger partial charge in [0.15, 0.2) is 0 Å². The Labute approximate surface area is 97.5 Å². The van der Waals surface area contributed by atoms with E-state index in [9.17, 15) is 4.79 Å². The normalized spacial score (nSPS) is 21.8. The van der Waals surface area contributed by atoms with Crippen LogP contribution in [0.1, 0.15) is 26.7 Å². The van der Waals surface area contributed by atoms with E-state index in [-0.39, 0.29) is 18.0 Å². The van der Waals surface area contributed by atoms with Gasteiger partial charge in [0.25, 0.3) is 0 Å². The van der Waals surface area contributed by atoms with Gasteiger partial charge >= 0.3 is 5.97 Å². The third kappa shape index (κ3) is 3.76. The summed E-state index contributed by atoms with van der Waals surface area (Å²) in [6, 6.07) is -0.552. The first-order valence-electron chi connectivity index (χ1n) is 5.89. The lowest BCUT2D eigenvalue weighted by molar-refractivity contribution is -0.153. The van der Waals surface area contributed by atoms with Crippen LogP contribution in [0.25, 0.3) is 0 Å². The molecule has 1 aliphatic heterocycles. The average molecular weight is 228 g/mol. The second-order valence-corrected chi connectivity index (χ2v) is 4.69. The molecule has 0 saturated carbocycles. The minimum Gasteiger partial charge on any atom is -0.461 e. The van der Waals surface area contributed by atoms with E-state index in [1.54, 1.807) is 0 Å². The summed E-state index contributed by atoms with van der Waals surface area (Å²) >= 11 is 0. The van der Waals surface area contributed by atoms with Crippen LogP contribution in [-0.2, 0) is 14.3 Å². The van der Waals surface area contributed by atoms with Crippen molar-refractivity contribution in [1.29, 1.82) is 0 Å². The molecule has 0 aromatic rings.